The summed E-state index contributed by atoms with van der Waals surface area (Å²) < 4.78 is 6.92. The lowest BCUT2D eigenvalue weighted by atomic mass is 10.1. The highest BCUT2D eigenvalue weighted by Gasteiger charge is 2.44. The number of halogens is 1. The first kappa shape index (κ1) is 18.1. The van der Waals surface area contributed by atoms with Gasteiger partial charge in [-0.3, -0.25) is 4.57 Å². The van der Waals surface area contributed by atoms with Crippen LogP contribution in [0.5, 0.6) is 5.88 Å². The molecule has 3 aromatic heterocycles. The van der Waals surface area contributed by atoms with Crippen LogP contribution >= 0.6 is 11.6 Å². The van der Waals surface area contributed by atoms with Gasteiger partial charge in [0, 0.05) is 0 Å². The van der Waals surface area contributed by atoms with E-state index in [0.717, 1.165) is 0 Å². The Kier molecular flexibility index (Phi) is 4.29. The molecule has 150 valence electrons. The molecular weight excluding hydrogens is 406 g/mol. The zero-order valence-corrected chi connectivity index (χ0v) is 15.3. The summed E-state index contributed by atoms with van der Waals surface area (Å²) in [6, 6.07) is 7.18. The van der Waals surface area contributed by atoms with Crippen molar-refractivity contribution in [3.8, 4) is 5.88 Å². The molecule has 1 saturated heterocycles. The number of hydrogen-bond acceptors (Lipinski definition) is 10. The molecule has 4 heterocycles. The molecule has 1 aliphatic heterocycles. The minimum Gasteiger partial charge on any atom is -0.394 e. The van der Waals surface area contributed by atoms with Crippen molar-refractivity contribution in [2.45, 2.75) is 24.5 Å². The Morgan fingerprint density at radius 1 is 1.17 bits per heavy atom. The topological polar surface area (TPSA) is 153 Å². The first-order valence-corrected chi connectivity index (χ1v) is 8.96. The lowest BCUT2D eigenvalue weighted by molar-refractivity contribution is -0.0511. The Labute approximate surface area is 166 Å². The van der Waals surface area contributed by atoms with Crippen LogP contribution in [0.15, 0.2) is 30.6 Å². The van der Waals surface area contributed by atoms with Crippen molar-refractivity contribution >= 4 is 33.8 Å². The number of hydrogen-bond donors (Lipinski definition) is 3. The molecule has 1 fully saturated rings. The molecule has 0 unspecified atom stereocenters. The maximum absolute atomic E-state index is 10.3. The van der Waals surface area contributed by atoms with E-state index in [2.05, 4.69) is 25.3 Å². The second kappa shape index (κ2) is 6.86. The van der Waals surface area contributed by atoms with Crippen LogP contribution in [0.25, 0.3) is 22.2 Å². The van der Waals surface area contributed by atoms with Gasteiger partial charge in [0.2, 0.25) is 5.28 Å². The fourth-order valence-corrected chi connectivity index (χ4v) is 3.38. The second-order valence-corrected chi connectivity index (χ2v) is 6.73. The summed E-state index contributed by atoms with van der Waals surface area (Å²) in [4.78, 5) is 19.3. The van der Waals surface area contributed by atoms with Gasteiger partial charge in [-0.2, -0.15) is 9.97 Å². The van der Waals surface area contributed by atoms with E-state index in [4.69, 9.17) is 21.2 Å². The predicted octanol–water partition coefficient (Wildman–Crippen LogP) is -0.322. The molecule has 0 radical (unpaired) electrons. The van der Waals surface area contributed by atoms with Crippen molar-refractivity contribution in [1.82, 2.24) is 34.7 Å². The van der Waals surface area contributed by atoms with E-state index in [0.29, 0.717) is 11.0 Å². The molecular formula is C16H14ClN7O5. The summed E-state index contributed by atoms with van der Waals surface area (Å²) >= 11 is 6.06. The van der Waals surface area contributed by atoms with Crippen LogP contribution in [0.1, 0.15) is 6.23 Å². The average molecular weight is 420 g/mol. The molecule has 5 rings (SSSR count). The average Bonchev–Trinajstić information content (AvgIpc) is 3.39. The highest BCUT2D eigenvalue weighted by Crippen LogP contribution is 2.33. The number of para-hydroxylation sites is 1. The fourth-order valence-electron chi connectivity index (χ4n) is 3.22. The molecule has 12 nitrogen and oxygen atoms in total. The molecule has 0 amide bonds. The van der Waals surface area contributed by atoms with Crippen LogP contribution in [0.2, 0.25) is 5.28 Å². The van der Waals surface area contributed by atoms with Crippen LogP contribution in [-0.4, -0.2) is 74.9 Å². The van der Waals surface area contributed by atoms with Crippen LogP contribution < -0.4 is 4.84 Å². The zero-order valence-electron chi connectivity index (χ0n) is 14.6. The van der Waals surface area contributed by atoms with E-state index in [1.165, 1.54) is 15.7 Å². The van der Waals surface area contributed by atoms with Gasteiger partial charge in [-0.15, -0.1) is 5.10 Å². The number of fused-ring (bicyclic) bond motifs is 2. The second-order valence-electron chi connectivity index (χ2n) is 6.39. The molecule has 4 aromatic rings. The summed E-state index contributed by atoms with van der Waals surface area (Å²) in [5.41, 5.74) is 1.67. The molecule has 0 bridgehead atoms. The summed E-state index contributed by atoms with van der Waals surface area (Å²) in [7, 11) is 0. The highest BCUT2D eigenvalue weighted by atomic mass is 35.5. The van der Waals surface area contributed by atoms with E-state index in [-0.39, 0.29) is 22.3 Å². The van der Waals surface area contributed by atoms with E-state index >= 15 is 0 Å². The fraction of sp³-hybridized carbons (Fsp3) is 0.312. The highest BCUT2D eigenvalue weighted by molar-refractivity contribution is 6.28. The largest absolute Gasteiger partial charge is 0.394 e. The van der Waals surface area contributed by atoms with E-state index in [9.17, 15) is 15.3 Å². The quantitative estimate of drug-likeness (QED) is 0.375. The van der Waals surface area contributed by atoms with Gasteiger partial charge in [-0.25, -0.2) is 4.98 Å². The Bertz CT molecular complexity index is 1200. The number of rotatable bonds is 4. The minimum absolute atomic E-state index is 0.0150. The molecule has 1 aliphatic rings. The third kappa shape index (κ3) is 2.89. The van der Waals surface area contributed by atoms with Gasteiger partial charge in [0.25, 0.3) is 5.88 Å². The third-order valence-corrected chi connectivity index (χ3v) is 4.82. The van der Waals surface area contributed by atoms with E-state index < -0.39 is 31.1 Å². The van der Waals surface area contributed by atoms with Crippen LogP contribution in [-0.2, 0) is 4.74 Å². The number of aromatic nitrogens is 7. The Morgan fingerprint density at radius 3 is 2.79 bits per heavy atom. The Balaban J connectivity index is 1.57. The van der Waals surface area contributed by atoms with Crippen LogP contribution in [0, 0.1) is 0 Å². The maximum atomic E-state index is 10.3. The molecule has 0 aliphatic carbocycles. The predicted molar refractivity (Wildman–Crippen MR) is 96.9 cm³/mol. The zero-order chi connectivity index (χ0) is 20.1. The van der Waals surface area contributed by atoms with Gasteiger partial charge in [0.05, 0.1) is 12.9 Å². The first-order chi connectivity index (χ1) is 14.1. The van der Waals surface area contributed by atoms with Gasteiger partial charge < -0.3 is 24.9 Å². The summed E-state index contributed by atoms with van der Waals surface area (Å²) in [6.07, 6.45) is -3.19. The van der Waals surface area contributed by atoms with Crippen molar-refractivity contribution in [3.05, 3.63) is 35.9 Å². The first-order valence-electron chi connectivity index (χ1n) is 8.58. The number of aliphatic hydroxyl groups excluding tert-OH is 3. The molecule has 0 saturated carbocycles. The molecule has 1 aromatic carbocycles. The van der Waals surface area contributed by atoms with Crippen molar-refractivity contribution in [1.29, 1.82) is 0 Å². The molecule has 3 N–H and O–H groups in total. The Morgan fingerprint density at radius 2 is 2.00 bits per heavy atom. The SMILES string of the molecule is OC[C@H]1O[C@@H](n2cnc3c(On4nnc5ccccc54)nc(Cl)nc32)[C@H](O)[C@@H]1O. The smallest absolute Gasteiger partial charge is 0.281 e. The number of nitrogens with zero attached hydrogens (tertiary/aromatic N) is 7. The van der Waals surface area contributed by atoms with Crippen molar-refractivity contribution in [2.24, 2.45) is 0 Å². The van der Waals surface area contributed by atoms with Gasteiger partial charge in [-0.1, -0.05) is 17.0 Å². The standard InChI is InChI=1S/C16H14ClN7O5/c17-16-19-13-10(18-6-23(13)15-12(27)11(26)9(5-25)28-15)14(20-16)29-24-8-4-2-1-3-7(8)21-22-24/h1-4,6,9,11-12,15,25-27H,5H2/t9-,11-,12-,15-/m1/s1. The van der Waals surface area contributed by atoms with Gasteiger partial charge in [0.15, 0.2) is 17.4 Å². The number of aliphatic hydroxyl groups is 3. The van der Waals surface area contributed by atoms with Crippen LogP contribution in [0.4, 0.5) is 0 Å². The summed E-state index contributed by atoms with van der Waals surface area (Å²) in [5.74, 6) is 0.0150. The van der Waals surface area contributed by atoms with Gasteiger partial charge in [0.1, 0.15) is 29.3 Å². The van der Waals surface area contributed by atoms with Crippen LogP contribution in [0.3, 0.4) is 0 Å². The monoisotopic (exact) mass is 419 g/mol. The molecule has 29 heavy (non-hydrogen) atoms. The molecule has 0 spiro atoms. The van der Waals surface area contributed by atoms with Crippen molar-refractivity contribution in [2.75, 3.05) is 6.61 Å². The number of ether oxygens (including phenoxy) is 1. The lowest BCUT2D eigenvalue weighted by Crippen LogP contribution is -2.33. The van der Waals surface area contributed by atoms with Gasteiger partial charge >= 0.3 is 0 Å². The minimum atomic E-state index is -1.30. The van der Waals surface area contributed by atoms with Gasteiger partial charge in [-0.05, 0) is 28.9 Å². The number of imidazole rings is 1. The van der Waals surface area contributed by atoms with Crippen molar-refractivity contribution < 1.29 is 24.9 Å². The third-order valence-electron chi connectivity index (χ3n) is 4.65. The van der Waals surface area contributed by atoms with Crippen molar-refractivity contribution in [3.63, 3.8) is 0 Å². The normalized spacial score (nSPS) is 24.6. The maximum Gasteiger partial charge on any atom is 0.281 e. The summed E-state index contributed by atoms with van der Waals surface area (Å²) in [6.45, 7) is -0.454. The lowest BCUT2D eigenvalue weighted by Gasteiger charge is -2.16. The molecule has 4 atom stereocenters. The van der Waals surface area contributed by atoms with E-state index in [1.807, 2.05) is 12.1 Å². The number of benzene rings is 1. The van der Waals surface area contributed by atoms with E-state index in [1.54, 1.807) is 12.1 Å². The summed E-state index contributed by atoms with van der Waals surface area (Å²) in [5, 5.41) is 37.4. The molecule has 13 heteroatoms. The Hall–Kier alpha value is -2.90.